The summed E-state index contributed by atoms with van der Waals surface area (Å²) >= 11 is 0. The van der Waals surface area contributed by atoms with Crippen LogP contribution in [0.3, 0.4) is 0 Å². The van der Waals surface area contributed by atoms with Crippen molar-refractivity contribution in [3.63, 3.8) is 0 Å². The summed E-state index contributed by atoms with van der Waals surface area (Å²) in [5.41, 5.74) is 13.1. The first kappa shape index (κ1) is 24.2. The quantitative estimate of drug-likeness (QED) is 0.291. The van der Waals surface area contributed by atoms with Gasteiger partial charge in [0.2, 0.25) is 0 Å². The molecular weight excluding hydrogens is 436 g/mol. The highest BCUT2D eigenvalue weighted by atomic mass is 15.0. The molecule has 0 amide bonds. The van der Waals surface area contributed by atoms with Gasteiger partial charge in [0.05, 0.1) is 12.1 Å². The zero-order valence-corrected chi connectivity index (χ0v) is 22.4. The first-order valence-corrected chi connectivity index (χ1v) is 13.3. The molecule has 0 fully saturated rings. The van der Waals surface area contributed by atoms with Crippen molar-refractivity contribution in [2.45, 2.75) is 65.5 Å². The Balaban J connectivity index is 1.71. The highest BCUT2D eigenvalue weighted by Crippen LogP contribution is 2.49. The Kier molecular flexibility index (Phi) is 6.62. The van der Waals surface area contributed by atoms with E-state index in [1.54, 1.807) is 0 Å². The number of anilines is 2. The topological polar surface area (TPSA) is 24.1 Å². The number of benzene rings is 4. The van der Waals surface area contributed by atoms with Crippen LogP contribution in [0, 0.1) is 13.8 Å². The van der Waals surface area contributed by atoms with Crippen LogP contribution >= 0.6 is 0 Å². The first-order chi connectivity index (χ1) is 17.4. The molecule has 2 nitrogen and oxygen atoms in total. The minimum atomic E-state index is 0.0764. The van der Waals surface area contributed by atoms with E-state index in [1.165, 1.54) is 55.9 Å². The second-order valence-corrected chi connectivity index (χ2v) is 10.8. The van der Waals surface area contributed by atoms with Crippen molar-refractivity contribution in [2.24, 2.45) is 0 Å². The minimum absolute atomic E-state index is 0.0764. The second kappa shape index (κ2) is 9.85. The van der Waals surface area contributed by atoms with Crippen molar-refractivity contribution in [1.29, 1.82) is 0 Å². The van der Waals surface area contributed by atoms with Crippen LogP contribution in [0.4, 0.5) is 11.4 Å². The molecule has 0 spiro atoms. The van der Waals surface area contributed by atoms with Gasteiger partial charge in [-0.15, -0.1) is 0 Å². The van der Waals surface area contributed by atoms with E-state index in [0.717, 1.165) is 0 Å². The Morgan fingerprint density at radius 1 is 0.500 bits per heavy atom. The predicted molar refractivity (Wildman–Crippen MR) is 155 cm³/mol. The third kappa shape index (κ3) is 4.30. The first-order valence-electron chi connectivity index (χ1n) is 13.3. The average Bonchev–Trinajstić information content (AvgIpc) is 2.87. The SMILES string of the molecule is Cc1cccc(C)c1N[C@@H]1c2ccccc2-c2ccccc2[C@@H]1Nc1c(C(C)C)cccc1C(C)C. The van der Waals surface area contributed by atoms with Crippen molar-refractivity contribution in [3.8, 4) is 11.1 Å². The van der Waals surface area contributed by atoms with Crippen molar-refractivity contribution in [3.05, 3.63) is 118 Å². The number of aryl methyl sites for hydroxylation is 2. The molecule has 0 saturated heterocycles. The van der Waals surface area contributed by atoms with Gasteiger partial charge in [0.1, 0.15) is 0 Å². The average molecular weight is 475 g/mol. The molecule has 1 aliphatic carbocycles. The fourth-order valence-corrected chi connectivity index (χ4v) is 5.78. The van der Waals surface area contributed by atoms with Crippen LogP contribution in [0.1, 0.15) is 85.0 Å². The lowest BCUT2D eigenvalue weighted by atomic mass is 9.78. The van der Waals surface area contributed by atoms with Gasteiger partial charge in [-0.05, 0) is 70.2 Å². The van der Waals surface area contributed by atoms with Crippen LogP contribution in [-0.2, 0) is 0 Å². The molecular formula is C34H38N2. The summed E-state index contributed by atoms with van der Waals surface area (Å²) < 4.78 is 0. The molecule has 5 rings (SSSR count). The maximum Gasteiger partial charge on any atom is 0.0763 e. The standard InChI is InChI=1S/C34H38N2/c1-21(2)25-19-12-20-26(22(3)4)32(25)36-34-30-18-10-8-16-28(30)27-15-7-9-17-29(27)33(34)35-31-23(5)13-11-14-24(31)6/h7-22,33-36H,1-6H3/t33-,34+/m1/s1. The normalized spacial score (nSPS) is 16.6. The smallest absolute Gasteiger partial charge is 0.0763 e. The van der Waals surface area contributed by atoms with Gasteiger partial charge in [-0.1, -0.05) is 113 Å². The molecule has 4 aromatic carbocycles. The highest BCUT2D eigenvalue weighted by molar-refractivity contribution is 5.78. The molecule has 0 radical (unpaired) electrons. The highest BCUT2D eigenvalue weighted by Gasteiger charge is 2.35. The van der Waals surface area contributed by atoms with Crippen LogP contribution in [0.25, 0.3) is 11.1 Å². The third-order valence-electron chi connectivity index (χ3n) is 7.67. The van der Waals surface area contributed by atoms with Gasteiger partial charge in [0, 0.05) is 11.4 Å². The number of para-hydroxylation sites is 2. The predicted octanol–water partition coefficient (Wildman–Crippen LogP) is 9.54. The van der Waals surface area contributed by atoms with Crippen LogP contribution in [0.15, 0.2) is 84.9 Å². The molecule has 1 aliphatic rings. The molecule has 0 saturated carbocycles. The number of hydrogen-bond donors (Lipinski definition) is 2. The Morgan fingerprint density at radius 3 is 1.39 bits per heavy atom. The van der Waals surface area contributed by atoms with Gasteiger partial charge in [-0.2, -0.15) is 0 Å². The molecule has 2 N–H and O–H groups in total. The van der Waals surface area contributed by atoms with Gasteiger partial charge in [-0.3, -0.25) is 0 Å². The van der Waals surface area contributed by atoms with Crippen molar-refractivity contribution >= 4 is 11.4 Å². The molecule has 0 unspecified atom stereocenters. The Bertz CT molecular complexity index is 1340. The zero-order valence-electron chi connectivity index (χ0n) is 22.4. The third-order valence-corrected chi connectivity index (χ3v) is 7.67. The van der Waals surface area contributed by atoms with Crippen molar-refractivity contribution in [2.75, 3.05) is 10.6 Å². The summed E-state index contributed by atoms with van der Waals surface area (Å²) in [7, 11) is 0. The van der Waals surface area contributed by atoms with Crippen LogP contribution < -0.4 is 10.6 Å². The molecule has 36 heavy (non-hydrogen) atoms. The van der Waals surface area contributed by atoms with E-state index in [9.17, 15) is 0 Å². The van der Waals surface area contributed by atoms with E-state index in [-0.39, 0.29) is 12.1 Å². The number of nitrogens with one attached hydrogen (secondary N) is 2. The summed E-state index contributed by atoms with van der Waals surface area (Å²) in [5.74, 6) is 0.865. The Labute approximate surface area is 216 Å². The maximum atomic E-state index is 4.12. The monoisotopic (exact) mass is 474 g/mol. The van der Waals surface area contributed by atoms with Gasteiger partial charge >= 0.3 is 0 Å². The summed E-state index contributed by atoms with van der Waals surface area (Å²) in [6.45, 7) is 13.6. The van der Waals surface area contributed by atoms with E-state index >= 15 is 0 Å². The van der Waals surface area contributed by atoms with Crippen molar-refractivity contribution in [1.82, 2.24) is 0 Å². The molecule has 0 aliphatic heterocycles. The summed E-state index contributed by atoms with van der Waals surface area (Å²) in [4.78, 5) is 0. The van der Waals surface area contributed by atoms with Crippen LogP contribution in [-0.4, -0.2) is 0 Å². The van der Waals surface area contributed by atoms with E-state index in [4.69, 9.17) is 0 Å². The fraction of sp³-hybridized carbons (Fsp3) is 0.294. The van der Waals surface area contributed by atoms with Crippen LogP contribution in [0.5, 0.6) is 0 Å². The molecule has 0 aromatic heterocycles. The fourth-order valence-electron chi connectivity index (χ4n) is 5.78. The molecule has 184 valence electrons. The molecule has 2 heteroatoms. The van der Waals surface area contributed by atoms with E-state index in [2.05, 4.69) is 137 Å². The Morgan fingerprint density at radius 2 is 0.917 bits per heavy atom. The lowest BCUT2D eigenvalue weighted by Gasteiger charge is -2.39. The summed E-state index contributed by atoms with van der Waals surface area (Å²) in [6.07, 6.45) is 0. The van der Waals surface area contributed by atoms with E-state index < -0.39 is 0 Å². The largest absolute Gasteiger partial charge is 0.375 e. The lowest BCUT2D eigenvalue weighted by Crippen LogP contribution is -2.30. The summed E-state index contributed by atoms with van der Waals surface area (Å²) in [5, 5.41) is 8.14. The number of hydrogen-bond acceptors (Lipinski definition) is 2. The van der Waals surface area contributed by atoms with Crippen molar-refractivity contribution < 1.29 is 0 Å². The zero-order chi connectivity index (χ0) is 25.4. The number of fused-ring (bicyclic) bond motifs is 3. The van der Waals surface area contributed by atoms with E-state index in [0.29, 0.717) is 11.8 Å². The Hall–Kier alpha value is -3.52. The summed E-state index contributed by atoms with van der Waals surface area (Å²) in [6, 6.07) is 31.3. The molecule has 4 aromatic rings. The van der Waals surface area contributed by atoms with Crippen LogP contribution in [0.2, 0.25) is 0 Å². The second-order valence-electron chi connectivity index (χ2n) is 10.8. The molecule has 0 heterocycles. The maximum absolute atomic E-state index is 4.12. The molecule has 0 bridgehead atoms. The van der Waals surface area contributed by atoms with E-state index in [1.807, 2.05) is 0 Å². The van der Waals surface area contributed by atoms with Gasteiger partial charge in [-0.25, -0.2) is 0 Å². The lowest BCUT2D eigenvalue weighted by molar-refractivity contribution is 0.637. The van der Waals surface area contributed by atoms with Gasteiger partial charge < -0.3 is 10.6 Å². The van der Waals surface area contributed by atoms with Gasteiger partial charge in [0.15, 0.2) is 0 Å². The minimum Gasteiger partial charge on any atom is -0.375 e. The van der Waals surface area contributed by atoms with Gasteiger partial charge in [0.25, 0.3) is 0 Å². The molecule has 2 atom stereocenters. The number of rotatable bonds is 6.